The number of aromatic nitrogens is 1. The van der Waals surface area contributed by atoms with Crippen LogP contribution in [0, 0.1) is 0 Å². The van der Waals surface area contributed by atoms with Gasteiger partial charge in [-0.3, -0.25) is 4.98 Å². The first kappa shape index (κ1) is 10.2. The van der Waals surface area contributed by atoms with Crippen molar-refractivity contribution < 1.29 is 4.74 Å². The average Bonchev–Trinajstić information content (AvgIpc) is 2.18. The molecule has 1 atom stereocenters. The predicted octanol–water partition coefficient (Wildman–Crippen LogP) is 1.29. The Labute approximate surface area is 78.9 Å². The van der Waals surface area contributed by atoms with E-state index in [0.29, 0.717) is 6.61 Å². The Morgan fingerprint density at radius 2 is 2.38 bits per heavy atom. The Bertz CT molecular complexity index is 263. The average molecular weight is 180 g/mol. The van der Waals surface area contributed by atoms with Crippen molar-refractivity contribution in [2.75, 3.05) is 13.7 Å². The highest BCUT2D eigenvalue weighted by molar-refractivity contribution is 5.22. The van der Waals surface area contributed by atoms with Crippen LogP contribution < -0.4 is 5.73 Å². The number of methoxy groups -OCH3 is 1. The van der Waals surface area contributed by atoms with Crippen LogP contribution in [0.25, 0.3) is 0 Å². The molecule has 0 amide bonds. The number of rotatable bonds is 4. The lowest BCUT2D eigenvalue weighted by atomic mass is 10.1. The van der Waals surface area contributed by atoms with E-state index in [4.69, 9.17) is 10.5 Å². The van der Waals surface area contributed by atoms with Crippen molar-refractivity contribution in [3.63, 3.8) is 0 Å². The van der Waals surface area contributed by atoms with Crippen LogP contribution in [0.5, 0.6) is 0 Å². The molecule has 3 nitrogen and oxygen atoms in total. The molecule has 0 saturated heterocycles. The molecule has 0 radical (unpaired) electrons. The van der Waals surface area contributed by atoms with Gasteiger partial charge in [0.05, 0.1) is 18.3 Å². The summed E-state index contributed by atoms with van der Waals surface area (Å²) in [5.74, 6) is 0. The first-order chi connectivity index (χ1) is 6.29. The van der Waals surface area contributed by atoms with E-state index < -0.39 is 0 Å². The molecule has 1 unspecified atom stereocenters. The molecule has 1 aromatic rings. The first-order valence-electron chi connectivity index (χ1n) is 4.47. The minimum atomic E-state index is -0.110. The van der Waals surface area contributed by atoms with Gasteiger partial charge in [0.15, 0.2) is 0 Å². The van der Waals surface area contributed by atoms with Crippen molar-refractivity contribution in [1.29, 1.82) is 0 Å². The Morgan fingerprint density at radius 3 is 3.00 bits per heavy atom. The molecule has 3 heteroatoms. The van der Waals surface area contributed by atoms with Gasteiger partial charge in [-0.1, -0.05) is 13.0 Å². The Kier molecular flexibility index (Phi) is 3.86. The van der Waals surface area contributed by atoms with Crippen molar-refractivity contribution in [1.82, 2.24) is 4.98 Å². The van der Waals surface area contributed by atoms with Crippen molar-refractivity contribution in [2.45, 2.75) is 19.4 Å². The molecule has 0 aromatic carbocycles. The summed E-state index contributed by atoms with van der Waals surface area (Å²) in [6.45, 7) is 2.62. The van der Waals surface area contributed by atoms with E-state index in [1.54, 1.807) is 13.3 Å². The molecule has 2 N–H and O–H groups in total. The number of nitrogens with two attached hydrogens (primary N) is 1. The highest BCUT2D eigenvalue weighted by Crippen LogP contribution is 2.13. The maximum absolute atomic E-state index is 5.89. The van der Waals surface area contributed by atoms with Crippen molar-refractivity contribution in [3.05, 3.63) is 29.6 Å². The molecule has 0 aliphatic rings. The molecular formula is C10H16N2O. The van der Waals surface area contributed by atoms with Crippen molar-refractivity contribution >= 4 is 0 Å². The van der Waals surface area contributed by atoms with Gasteiger partial charge in [0.2, 0.25) is 0 Å². The van der Waals surface area contributed by atoms with Crippen molar-refractivity contribution in [3.8, 4) is 0 Å². The van der Waals surface area contributed by atoms with Crippen LogP contribution in [0.15, 0.2) is 18.3 Å². The predicted molar refractivity (Wildman–Crippen MR) is 52.4 cm³/mol. The van der Waals surface area contributed by atoms with Gasteiger partial charge in [-0.25, -0.2) is 0 Å². The first-order valence-corrected chi connectivity index (χ1v) is 4.47. The van der Waals surface area contributed by atoms with E-state index >= 15 is 0 Å². The quantitative estimate of drug-likeness (QED) is 0.759. The van der Waals surface area contributed by atoms with Gasteiger partial charge in [0.1, 0.15) is 0 Å². The zero-order chi connectivity index (χ0) is 9.68. The molecule has 1 aromatic heterocycles. The molecule has 0 spiro atoms. The van der Waals surface area contributed by atoms with E-state index in [0.717, 1.165) is 12.1 Å². The normalized spacial score (nSPS) is 12.8. The summed E-state index contributed by atoms with van der Waals surface area (Å²) in [5, 5.41) is 0. The topological polar surface area (TPSA) is 48.1 Å². The van der Waals surface area contributed by atoms with E-state index in [9.17, 15) is 0 Å². The van der Waals surface area contributed by atoms with Crippen LogP contribution in [-0.2, 0) is 11.2 Å². The van der Waals surface area contributed by atoms with Crippen LogP contribution in [0.4, 0.5) is 0 Å². The second-order valence-electron chi connectivity index (χ2n) is 2.96. The molecule has 72 valence electrons. The zero-order valence-corrected chi connectivity index (χ0v) is 8.16. The van der Waals surface area contributed by atoms with Gasteiger partial charge in [0.25, 0.3) is 0 Å². The maximum Gasteiger partial charge on any atom is 0.0710 e. The lowest BCUT2D eigenvalue weighted by molar-refractivity contribution is 0.179. The van der Waals surface area contributed by atoms with Crippen LogP contribution in [0.2, 0.25) is 0 Å². The fraction of sp³-hybridized carbons (Fsp3) is 0.500. The molecule has 1 rings (SSSR count). The maximum atomic E-state index is 5.89. The van der Waals surface area contributed by atoms with Gasteiger partial charge in [0, 0.05) is 13.3 Å². The zero-order valence-electron chi connectivity index (χ0n) is 8.16. The summed E-state index contributed by atoms with van der Waals surface area (Å²) in [5.41, 5.74) is 8.05. The largest absolute Gasteiger partial charge is 0.383 e. The van der Waals surface area contributed by atoms with E-state index in [-0.39, 0.29) is 6.04 Å². The fourth-order valence-electron chi connectivity index (χ4n) is 1.34. The summed E-state index contributed by atoms with van der Waals surface area (Å²) in [6, 6.07) is 3.88. The van der Waals surface area contributed by atoms with Crippen LogP contribution in [0.3, 0.4) is 0 Å². The SMILES string of the molecule is CCc1cccnc1C(N)COC. The number of pyridine rings is 1. The number of hydrogen-bond acceptors (Lipinski definition) is 3. The molecule has 0 aliphatic heterocycles. The molecule has 0 fully saturated rings. The summed E-state index contributed by atoms with van der Waals surface area (Å²) in [6.07, 6.45) is 2.73. The Morgan fingerprint density at radius 1 is 1.62 bits per heavy atom. The summed E-state index contributed by atoms with van der Waals surface area (Å²) in [7, 11) is 1.65. The van der Waals surface area contributed by atoms with Crippen LogP contribution >= 0.6 is 0 Å². The molecule has 0 aliphatic carbocycles. The molecule has 1 heterocycles. The van der Waals surface area contributed by atoms with Gasteiger partial charge in [-0.15, -0.1) is 0 Å². The second kappa shape index (κ2) is 4.94. The van der Waals surface area contributed by atoms with Crippen LogP contribution in [0.1, 0.15) is 24.2 Å². The summed E-state index contributed by atoms with van der Waals surface area (Å²) >= 11 is 0. The summed E-state index contributed by atoms with van der Waals surface area (Å²) < 4.78 is 4.99. The van der Waals surface area contributed by atoms with E-state index in [1.807, 2.05) is 6.07 Å². The molecule has 0 bridgehead atoms. The smallest absolute Gasteiger partial charge is 0.0710 e. The van der Waals surface area contributed by atoms with Gasteiger partial charge in [-0.05, 0) is 18.1 Å². The number of nitrogens with zero attached hydrogens (tertiary/aromatic N) is 1. The van der Waals surface area contributed by atoms with Gasteiger partial charge >= 0.3 is 0 Å². The Balaban J connectivity index is 2.85. The Hall–Kier alpha value is -0.930. The van der Waals surface area contributed by atoms with E-state index in [2.05, 4.69) is 18.0 Å². The minimum absolute atomic E-state index is 0.110. The van der Waals surface area contributed by atoms with Crippen LogP contribution in [-0.4, -0.2) is 18.7 Å². The standard InChI is InChI=1S/C10H16N2O/c1-3-8-5-4-6-12-10(8)9(11)7-13-2/h4-6,9H,3,7,11H2,1-2H3. The third-order valence-corrected chi connectivity index (χ3v) is 2.00. The molecule has 0 saturated carbocycles. The van der Waals surface area contributed by atoms with Gasteiger partial charge in [-0.2, -0.15) is 0 Å². The number of ether oxygens (including phenoxy) is 1. The third kappa shape index (κ3) is 2.50. The summed E-state index contributed by atoms with van der Waals surface area (Å²) in [4.78, 5) is 4.26. The van der Waals surface area contributed by atoms with Crippen molar-refractivity contribution in [2.24, 2.45) is 5.73 Å². The lowest BCUT2D eigenvalue weighted by Crippen LogP contribution is -2.19. The van der Waals surface area contributed by atoms with E-state index in [1.165, 1.54) is 5.56 Å². The monoisotopic (exact) mass is 180 g/mol. The minimum Gasteiger partial charge on any atom is -0.383 e. The third-order valence-electron chi connectivity index (χ3n) is 2.00. The number of aryl methyl sites for hydroxylation is 1. The lowest BCUT2D eigenvalue weighted by Gasteiger charge is -2.12. The number of hydrogen-bond donors (Lipinski definition) is 1. The molecule has 13 heavy (non-hydrogen) atoms. The fourth-order valence-corrected chi connectivity index (χ4v) is 1.34. The highest BCUT2D eigenvalue weighted by atomic mass is 16.5. The highest BCUT2D eigenvalue weighted by Gasteiger charge is 2.10. The van der Waals surface area contributed by atoms with Gasteiger partial charge < -0.3 is 10.5 Å². The molecular weight excluding hydrogens is 164 g/mol. The second-order valence-corrected chi connectivity index (χ2v) is 2.96.